The average molecular weight is 261 g/mol. The number of fused-ring (bicyclic) bond motifs is 3. The maximum Gasteiger partial charge on any atom is 0.241 e. The molecule has 5 nitrogen and oxygen atoms in total. The van der Waals surface area contributed by atoms with Gasteiger partial charge >= 0.3 is 0 Å². The number of hydrogen-bond acceptors (Lipinski definition) is 4. The fourth-order valence-corrected chi connectivity index (χ4v) is 2.95. The maximum atomic E-state index is 12.2. The Kier molecular flexibility index (Phi) is 3.06. The molecule has 102 valence electrons. The molecule has 1 aromatic carbocycles. The van der Waals surface area contributed by atoms with Crippen LogP contribution in [0.5, 0.6) is 5.75 Å². The lowest BCUT2D eigenvalue weighted by Gasteiger charge is -2.45. The summed E-state index contributed by atoms with van der Waals surface area (Å²) in [6, 6.07) is 6.17. The van der Waals surface area contributed by atoms with E-state index in [1.165, 1.54) is 0 Å². The molecule has 0 aliphatic carbocycles. The third-order valence-corrected chi connectivity index (χ3v) is 3.89. The van der Waals surface area contributed by atoms with Crippen molar-refractivity contribution >= 4 is 17.3 Å². The van der Waals surface area contributed by atoms with Gasteiger partial charge in [0.05, 0.1) is 31.1 Å². The predicted octanol–water partition coefficient (Wildman–Crippen LogP) is 0.840. The minimum Gasteiger partial charge on any atom is -0.497 e. The van der Waals surface area contributed by atoms with E-state index in [0.717, 1.165) is 36.8 Å². The van der Waals surface area contributed by atoms with Crippen molar-refractivity contribution in [2.75, 3.05) is 43.1 Å². The summed E-state index contributed by atoms with van der Waals surface area (Å²) in [5, 5.41) is 3.19. The van der Waals surface area contributed by atoms with E-state index in [1.54, 1.807) is 7.11 Å². The van der Waals surface area contributed by atoms with Crippen LogP contribution in [-0.4, -0.2) is 45.2 Å². The van der Waals surface area contributed by atoms with E-state index in [0.29, 0.717) is 6.54 Å². The first-order valence-corrected chi connectivity index (χ1v) is 6.70. The van der Waals surface area contributed by atoms with Gasteiger partial charge in [-0.1, -0.05) is 0 Å². The number of nitrogens with zero attached hydrogens (tertiary/aromatic N) is 2. The van der Waals surface area contributed by atoms with Crippen LogP contribution in [0.2, 0.25) is 0 Å². The van der Waals surface area contributed by atoms with Gasteiger partial charge in [-0.2, -0.15) is 0 Å². The highest BCUT2D eigenvalue weighted by Crippen LogP contribution is 2.38. The lowest BCUT2D eigenvalue weighted by atomic mass is 10.0. The van der Waals surface area contributed by atoms with E-state index in [1.807, 2.05) is 23.1 Å². The highest BCUT2D eigenvalue weighted by molar-refractivity contribution is 6.00. The van der Waals surface area contributed by atoms with Crippen molar-refractivity contribution in [3.8, 4) is 5.75 Å². The van der Waals surface area contributed by atoms with Crippen LogP contribution in [-0.2, 0) is 4.79 Å². The molecule has 1 saturated heterocycles. The van der Waals surface area contributed by atoms with Crippen LogP contribution in [0.4, 0.5) is 11.4 Å². The molecule has 0 aromatic heterocycles. The van der Waals surface area contributed by atoms with Crippen LogP contribution in [0.3, 0.4) is 0 Å². The summed E-state index contributed by atoms with van der Waals surface area (Å²) in [6.07, 6.45) is 0. The second kappa shape index (κ2) is 4.74. The van der Waals surface area contributed by atoms with Gasteiger partial charge in [-0.3, -0.25) is 4.79 Å². The van der Waals surface area contributed by atoms with Crippen molar-refractivity contribution in [3.05, 3.63) is 18.2 Å². The molecule has 0 saturated carbocycles. The largest absolute Gasteiger partial charge is 0.497 e. The van der Waals surface area contributed by atoms with Gasteiger partial charge in [0.25, 0.3) is 0 Å². The summed E-state index contributed by atoms with van der Waals surface area (Å²) < 4.78 is 5.29. The highest BCUT2D eigenvalue weighted by atomic mass is 16.5. The molecule has 19 heavy (non-hydrogen) atoms. The van der Waals surface area contributed by atoms with Crippen LogP contribution < -0.4 is 19.9 Å². The Labute approximate surface area is 113 Å². The van der Waals surface area contributed by atoms with E-state index in [-0.39, 0.29) is 11.9 Å². The molecule has 2 heterocycles. The number of methoxy groups -OCH3 is 1. The number of likely N-dealkylation sites (N-methyl/N-ethyl adjacent to an activating group) is 1. The minimum absolute atomic E-state index is 0.140. The lowest BCUT2D eigenvalue weighted by molar-refractivity contribution is -0.119. The van der Waals surface area contributed by atoms with Crippen LogP contribution in [0.25, 0.3) is 0 Å². The standard InChI is InChI=1S/C14H19N3O2/c1-3-16-9-10-7-15-8-14(18)17(10)13-6-11(19-2)4-5-12(13)16/h4-6,10,15H,3,7-9H2,1-2H3. The summed E-state index contributed by atoms with van der Waals surface area (Å²) in [4.78, 5) is 16.4. The minimum atomic E-state index is 0.140. The van der Waals surface area contributed by atoms with Crippen molar-refractivity contribution in [3.63, 3.8) is 0 Å². The number of hydrogen-bond donors (Lipinski definition) is 1. The smallest absolute Gasteiger partial charge is 0.241 e. The molecule has 2 aliphatic heterocycles. The molecule has 0 spiro atoms. The molecular weight excluding hydrogens is 242 g/mol. The number of piperazine rings is 1. The van der Waals surface area contributed by atoms with Gasteiger partial charge in [0.2, 0.25) is 5.91 Å². The van der Waals surface area contributed by atoms with E-state index >= 15 is 0 Å². The number of carbonyl (C=O) groups is 1. The Morgan fingerprint density at radius 1 is 1.42 bits per heavy atom. The molecule has 3 rings (SSSR count). The van der Waals surface area contributed by atoms with E-state index in [9.17, 15) is 4.79 Å². The van der Waals surface area contributed by atoms with Crippen LogP contribution in [0.15, 0.2) is 18.2 Å². The van der Waals surface area contributed by atoms with Gasteiger partial charge in [-0.15, -0.1) is 0 Å². The summed E-state index contributed by atoms with van der Waals surface area (Å²) in [7, 11) is 1.65. The number of ether oxygens (including phenoxy) is 1. The summed E-state index contributed by atoms with van der Waals surface area (Å²) in [6.45, 7) is 5.23. The number of benzene rings is 1. The fraction of sp³-hybridized carbons (Fsp3) is 0.500. The predicted molar refractivity (Wildman–Crippen MR) is 75.0 cm³/mol. The van der Waals surface area contributed by atoms with E-state index in [4.69, 9.17) is 4.74 Å². The van der Waals surface area contributed by atoms with Crippen molar-refractivity contribution in [1.82, 2.24) is 5.32 Å². The molecule has 1 amide bonds. The number of anilines is 2. The van der Waals surface area contributed by atoms with Gasteiger partial charge in [0.15, 0.2) is 0 Å². The molecule has 1 atom stereocenters. The van der Waals surface area contributed by atoms with Crippen molar-refractivity contribution < 1.29 is 9.53 Å². The molecule has 1 N–H and O–H groups in total. The summed E-state index contributed by atoms with van der Waals surface area (Å²) in [5.74, 6) is 0.934. The summed E-state index contributed by atoms with van der Waals surface area (Å²) >= 11 is 0. The normalized spacial score (nSPS) is 22.0. The second-order valence-corrected chi connectivity index (χ2v) is 4.94. The topological polar surface area (TPSA) is 44.8 Å². The summed E-state index contributed by atoms with van der Waals surface area (Å²) in [5.41, 5.74) is 2.10. The number of nitrogens with one attached hydrogen (secondary N) is 1. The van der Waals surface area contributed by atoms with Gasteiger partial charge < -0.3 is 19.9 Å². The Balaban J connectivity index is 2.09. The molecule has 1 fully saturated rings. The molecule has 0 radical (unpaired) electrons. The Morgan fingerprint density at radius 3 is 3.00 bits per heavy atom. The molecule has 1 unspecified atom stereocenters. The first-order valence-electron chi connectivity index (χ1n) is 6.70. The van der Waals surface area contributed by atoms with Crippen molar-refractivity contribution in [1.29, 1.82) is 0 Å². The van der Waals surface area contributed by atoms with Crippen LogP contribution in [0.1, 0.15) is 6.92 Å². The molecule has 2 aliphatic rings. The zero-order valence-electron chi connectivity index (χ0n) is 11.3. The van der Waals surface area contributed by atoms with Crippen LogP contribution in [0, 0.1) is 0 Å². The third kappa shape index (κ3) is 1.94. The van der Waals surface area contributed by atoms with Gasteiger partial charge in [-0.25, -0.2) is 0 Å². The maximum absolute atomic E-state index is 12.2. The van der Waals surface area contributed by atoms with Gasteiger partial charge in [-0.05, 0) is 19.1 Å². The Hall–Kier alpha value is -1.75. The third-order valence-electron chi connectivity index (χ3n) is 3.89. The molecule has 1 aromatic rings. The first-order chi connectivity index (χ1) is 9.24. The number of rotatable bonds is 2. The SMILES string of the molecule is CCN1CC2CNCC(=O)N2c2cc(OC)ccc21. The Morgan fingerprint density at radius 2 is 2.26 bits per heavy atom. The van der Waals surface area contributed by atoms with Crippen LogP contribution >= 0.6 is 0 Å². The van der Waals surface area contributed by atoms with Gasteiger partial charge in [0, 0.05) is 25.7 Å². The second-order valence-electron chi connectivity index (χ2n) is 4.94. The molecule has 5 heteroatoms. The molecule has 0 bridgehead atoms. The van der Waals surface area contributed by atoms with E-state index < -0.39 is 0 Å². The quantitative estimate of drug-likeness (QED) is 0.857. The number of amides is 1. The fourth-order valence-electron chi connectivity index (χ4n) is 2.95. The highest BCUT2D eigenvalue weighted by Gasteiger charge is 2.36. The zero-order valence-corrected chi connectivity index (χ0v) is 11.3. The van der Waals surface area contributed by atoms with Gasteiger partial charge in [0.1, 0.15) is 5.75 Å². The lowest BCUT2D eigenvalue weighted by Crippen LogP contribution is -2.61. The number of carbonyl (C=O) groups excluding carboxylic acids is 1. The Bertz CT molecular complexity index is 503. The van der Waals surface area contributed by atoms with Crippen molar-refractivity contribution in [2.45, 2.75) is 13.0 Å². The monoisotopic (exact) mass is 261 g/mol. The molecular formula is C14H19N3O2. The average Bonchev–Trinajstić information content (AvgIpc) is 2.45. The first kappa shape index (κ1) is 12.3. The van der Waals surface area contributed by atoms with Crippen molar-refractivity contribution in [2.24, 2.45) is 0 Å². The zero-order chi connectivity index (χ0) is 13.4. The van der Waals surface area contributed by atoms with E-state index in [2.05, 4.69) is 17.1 Å².